The highest BCUT2D eigenvalue weighted by molar-refractivity contribution is 5.26. The van der Waals surface area contributed by atoms with Crippen LogP contribution in [0.4, 0.5) is 13.2 Å². The molecule has 1 atom stereocenters. The van der Waals surface area contributed by atoms with Gasteiger partial charge in [0.15, 0.2) is 5.79 Å². The Kier molecular flexibility index (Phi) is 4.60. The van der Waals surface area contributed by atoms with Crippen LogP contribution in [0.3, 0.4) is 0 Å². The molecule has 0 spiro atoms. The number of rotatable bonds is 3. The summed E-state index contributed by atoms with van der Waals surface area (Å²) in [5.41, 5.74) is 0.164. The van der Waals surface area contributed by atoms with Crippen molar-refractivity contribution >= 4 is 0 Å². The lowest BCUT2D eigenvalue weighted by Crippen LogP contribution is -2.49. The van der Waals surface area contributed by atoms with E-state index in [1.165, 1.54) is 12.1 Å². The number of alkyl halides is 3. The summed E-state index contributed by atoms with van der Waals surface area (Å²) in [7, 11) is 0. The van der Waals surface area contributed by atoms with Gasteiger partial charge >= 0.3 is 6.18 Å². The molecule has 0 aliphatic carbocycles. The predicted octanol–water partition coefficient (Wildman–Crippen LogP) is 3.51. The molecule has 1 aliphatic heterocycles. The van der Waals surface area contributed by atoms with E-state index in [-0.39, 0.29) is 12.1 Å². The predicted molar refractivity (Wildman–Crippen MR) is 72.8 cm³/mol. The lowest BCUT2D eigenvalue weighted by molar-refractivity contribution is -0.253. The molecule has 6 heteroatoms. The van der Waals surface area contributed by atoms with Crippen LogP contribution in [0.1, 0.15) is 37.9 Å². The molecule has 1 aromatic rings. The molecule has 1 N–H and O–H groups in total. The molecule has 1 fully saturated rings. The second-order valence-electron chi connectivity index (χ2n) is 5.73. The SMILES string of the molecule is CC(NC1COC(C)(C)OC1)c1ccc(C(F)(F)F)cc1. The van der Waals surface area contributed by atoms with Crippen LogP contribution in [0.5, 0.6) is 0 Å². The van der Waals surface area contributed by atoms with Crippen LogP contribution >= 0.6 is 0 Å². The van der Waals surface area contributed by atoms with Crippen LogP contribution in [-0.2, 0) is 15.7 Å². The molecular formula is C15H20F3NO2. The summed E-state index contributed by atoms with van der Waals surface area (Å²) < 4.78 is 48.6. The molecule has 3 nitrogen and oxygen atoms in total. The van der Waals surface area contributed by atoms with Crippen molar-refractivity contribution in [3.8, 4) is 0 Å². The zero-order valence-electron chi connectivity index (χ0n) is 12.3. The summed E-state index contributed by atoms with van der Waals surface area (Å²) in [5.74, 6) is -0.574. The fourth-order valence-corrected chi connectivity index (χ4v) is 2.20. The largest absolute Gasteiger partial charge is 0.416 e. The second-order valence-corrected chi connectivity index (χ2v) is 5.73. The Morgan fingerprint density at radius 3 is 2.14 bits per heavy atom. The third kappa shape index (κ3) is 4.43. The van der Waals surface area contributed by atoms with Gasteiger partial charge in [0.1, 0.15) is 0 Å². The van der Waals surface area contributed by atoms with Crippen LogP contribution in [0.25, 0.3) is 0 Å². The van der Waals surface area contributed by atoms with Crippen molar-refractivity contribution in [2.75, 3.05) is 13.2 Å². The highest BCUT2D eigenvalue weighted by Crippen LogP contribution is 2.30. The Labute approximate surface area is 122 Å². The van der Waals surface area contributed by atoms with Gasteiger partial charge in [-0.05, 0) is 38.5 Å². The average Bonchev–Trinajstić information content (AvgIpc) is 2.40. The second kappa shape index (κ2) is 5.94. The van der Waals surface area contributed by atoms with Gasteiger partial charge in [0.2, 0.25) is 0 Å². The van der Waals surface area contributed by atoms with Gasteiger partial charge in [-0.1, -0.05) is 12.1 Å². The Hall–Kier alpha value is -1.11. The fraction of sp³-hybridized carbons (Fsp3) is 0.600. The molecule has 1 saturated heterocycles. The molecule has 0 saturated carbocycles. The maximum absolute atomic E-state index is 12.5. The molecule has 0 amide bonds. The van der Waals surface area contributed by atoms with E-state index in [2.05, 4.69) is 5.32 Å². The van der Waals surface area contributed by atoms with Gasteiger partial charge in [-0.2, -0.15) is 13.2 Å². The Balaban J connectivity index is 1.93. The van der Waals surface area contributed by atoms with Crippen LogP contribution in [-0.4, -0.2) is 25.0 Å². The number of hydrogen-bond donors (Lipinski definition) is 1. The Morgan fingerprint density at radius 1 is 1.14 bits per heavy atom. The lowest BCUT2D eigenvalue weighted by Gasteiger charge is -2.36. The highest BCUT2D eigenvalue weighted by Gasteiger charge is 2.31. The standard InChI is InChI=1S/C15H20F3NO2/c1-10(19-13-8-20-14(2,3)21-9-13)11-4-6-12(7-5-11)15(16,17)18/h4-7,10,13,19H,8-9H2,1-3H3. The van der Waals surface area contributed by atoms with E-state index < -0.39 is 17.5 Å². The topological polar surface area (TPSA) is 30.5 Å². The molecule has 1 aromatic carbocycles. The van der Waals surface area contributed by atoms with Gasteiger partial charge in [-0.3, -0.25) is 0 Å². The number of halogens is 3. The number of nitrogens with one attached hydrogen (secondary N) is 1. The van der Waals surface area contributed by atoms with E-state index in [1.807, 2.05) is 20.8 Å². The monoisotopic (exact) mass is 303 g/mol. The summed E-state index contributed by atoms with van der Waals surface area (Å²) in [6.07, 6.45) is -4.30. The molecule has 21 heavy (non-hydrogen) atoms. The number of ether oxygens (including phenoxy) is 2. The van der Waals surface area contributed by atoms with Crippen LogP contribution < -0.4 is 5.32 Å². The van der Waals surface area contributed by atoms with Crippen molar-refractivity contribution in [2.24, 2.45) is 0 Å². The minimum Gasteiger partial charge on any atom is -0.349 e. The number of hydrogen-bond acceptors (Lipinski definition) is 3. The minimum absolute atomic E-state index is 0.0234. The Morgan fingerprint density at radius 2 is 1.67 bits per heavy atom. The van der Waals surface area contributed by atoms with Crippen molar-refractivity contribution in [3.05, 3.63) is 35.4 Å². The summed E-state index contributed by atoms with van der Waals surface area (Å²) >= 11 is 0. The average molecular weight is 303 g/mol. The first-order valence-corrected chi connectivity index (χ1v) is 6.88. The lowest BCUT2D eigenvalue weighted by atomic mass is 10.0. The maximum atomic E-state index is 12.5. The van der Waals surface area contributed by atoms with Crippen molar-refractivity contribution in [3.63, 3.8) is 0 Å². The van der Waals surface area contributed by atoms with Crippen molar-refractivity contribution in [1.29, 1.82) is 0 Å². The first kappa shape index (κ1) is 16.3. The third-order valence-electron chi connectivity index (χ3n) is 3.49. The van der Waals surface area contributed by atoms with E-state index >= 15 is 0 Å². The zero-order chi connectivity index (χ0) is 15.7. The number of benzene rings is 1. The van der Waals surface area contributed by atoms with Gasteiger partial charge in [0.05, 0.1) is 24.8 Å². The van der Waals surface area contributed by atoms with E-state index in [1.54, 1.807) is 0 Å². The minimum atomic E-state index is -4.30. The smallest absolute Gasteiger partial charge is 0.349 e. The normalized spacial score (nSPS) is 21.2. The first-order chi connectivity index (χ1) is 9.67. The van der Waals surface area contributed by atoms with E-state index in [4.69, 9.17) is 9.47 Å². The van der Waals surface area contributed by atoms with Crippen molar-refractivity contribution < 1.29 is 22.6 Å². The van der Waals surface area contributed by atoms with Crippen LogP contribution in [0, 0.1) is 0 Å². The highest BCUT2D eigenvalue weighted by atomic mass is 19.4. The van der Waals surface area contributed by atoms with E-state index in [9.17, 15) is 13.2 Å². The van der Waals surface area contributed by atoms with Crippen LogP contribution in [0.2, 0.25) is 0 Å². The molecule has 0 radical (unpaired) electrons. The summed E-state index contributed by atoms with van der Waals surface area (Å²) in [4.78, 5) is 0. The molecule has 1 heterocycles. The van der Waals surface area contributed by atoms with Gasteiger partial charge in [0, 0.05) is 6.04 Å². The first-order valence-electron chi connectivity index (χ1n) is 6.88. The molecule has 0 aromatic heterocycles. The van der Waals surface area contributed by atoms with Gasteiger partial charge in [-0.25, -0.2) is 0 Å². The van der Waals surface area contributed by atoms with Gasteiger partial charge in [0.25, 0.3) is 0 Å². The van der Waals surface area contributed by atoms with Crippen molar-refractivity contribution in [1.82, 2.24) is 5.32 Å². The summed E-state index contributed by atoms with van der Waals surface area (Å²) in [5, 5.41) is 3.30. The molecule has 1 aliphatic rings. The summed E-state index contributed by atoms with van der Waals surface area (Å²) in [6, 6.07) is 5.14. The van der Waals surface area contributed by atoms with Gasteiger partial charge in [-0.15, -0.1) is 0 Å². The Bertz CT molecular complexity index is 461. The van der Waals surface area contributed by atoms with E-state index in [0.29, 0.717) is 13.2 Å². The molecule has 118 valence electrons. The van der Waals surface area contributed by atoms with Gasteiger partial charge < -0.3 is 14.8 Å². The van der Waals surface area contributed by atoms with Crippen molar-refractivity contribution in [2.45, 2.75) is 44.8 Å². The summed E-state index contributed by atoms with van der Waals surface area (Å²) in [6.45, 7) is 6.63. The quantitative estimate of drug-likeness (QED) is 0.927. The third-order valence-corrected chi connectivity index (χ3v) is 3.49. The fourth-order valence-electron chi connectivity index (χ4n) is 2.20. The molecule has 0 bridgehead atoms. The molecular weight excluding hydrogens is 283 g/mol. The zero-order valence-corrected chi connectivity index (χ0v) is 12.3. The van der Waals surface area contributed by atoms with Crippen LogP contribution in [0.15, 0.2) is 24.3 Å². The van der Waals surface area contributed by atoms with E-state index in [0.717, 1.165) is 17.7 Å². The molecule has 2 rings (SSSR count). The maximum Gasteiger partial charge on any atom is 0.416 e. The molecule has 1 unspecified atom stereocenters.